The Morgan fingerprint density at radius 1 is 1.08 bits per heavy atom. The van der Waals surface area contributed by atoms with Crippen molar-refractivity contribution in [2.45, 2.75) is 19.6 Å². The van der Waals surface area contributed by atoms with E-state index in [4.69, 9.17) is 21.1 Å². The Labute approximate surface area is 155 Å². The van der Waals surface area contributed by atoms with Crippen LogP contribution < -0.4 is 14.8 Å². The monoisotopic (exact) mass is 362 g/mol. The fraction of sp³-hybridized carbons (Fsp3) is 0.400. The maximum Gasteiger partial charge on any atom is 0.166 e. The second-order valence-electron chi connectivity index (χ2n) is 6.20. The van der Waals surface area contributed by atoms with E-state index in [1.807, 2.05) is 36.4 Å². The molecule has 0 aliphatic carbocycles. The summed E-state index contributed by atoms with van der Waals surface area (Å²) in [6.45, 7) is 3.27. The minimum Gasteiger partial charge on any atom is -0.493 e. The van der Waals surface area contributed by atoms with Gasteiger partial charge >= 0.3 is 0 Å². The first-order valence-corrected chi connectivity index (χ1v) is 8.86. The maximum absolute atomic E-state index is 6.06. The first-order valence-electron chi connectivity index (χ1n) is 8.48. The van der Waals surface area contributed by atoms with Gasteiger partial charge in [0, 0.05) is 17.1 Å². The Morgan fingerprint density at radius 2 is 1.84 bits per heavy atom. The highest BCUT2D eigenvalue weighted by molar-refractivity contribution is 6.30. The number of ether oxygens (including phenoxy) is 2. The van der Waals surface area contributed by atoms with Gasteiger partial charge in [-0.25, -0.2) is 0 Å². The molecule has 2 rings (SSSR count). The van der Waals surface area contributed by atoms with Crippen LogP contribution in [0.1, 0.15) is 17.5 Å². The van der Waals surface area contributed by atoms with Gasteiger partial charge in [0.1, 0.15) is 6.61 Å². The highest BCUT2D eigenvalue weighted by atomic mass is 35.5. The standard InChI is InChI=1S/C20H27ClN2O2/c1-23(2)13-5-12-22-14-17-6-4-7-19(24-3)20(17)25-15-16-8-10-18(21)11-9-16/h4,6-11,22H,5,12-15H2,1-3H3. The lowest BCUT2D eigenvalue weighted by atomic mass is 10.1. The molecule has 136 valence electrons. The summed E-state index contributed by atoms with van der Waals surface area (Å²) in [7, 11) is 5.84. The molecule has 0 aliphatic heterocycles. The zero-order valence-electron chi connectivity index (χ0n) is 15.2. The quantitative estimate of drug-likeness (QED) is 0.648. The number of benzene rings is 2. The van der Waals surface area contributed by atoms with E-state index in [2.05, 4.69) is 30.4 Å². The minimum atomic E-state index is 0.477. The van der Waals surface area contributed by atoms with Gasteiger partial charge in [-0.05, 0) is 57.4 Å². The van der Waals surface area contributed by atoms with Crippen molar-refractivity contribution in [3.05, 3.63) is 58.6 Å². The van der Waals surface area contributed by atoms with Crippen molar-refractivity contribution in [2.75, 3.05) is 34.3 Å². The highest BCUT2D eigenvalue weighted by Crippen LogP contribution is 2.31. The van der Waals surface area contributed by atoms with E-state index in [0.717, 1.165) is 53.7 Å². The molecular formula is C20H27ClN2O2. The third-order valence-electron chi connectivity index (χ3n) is 3.85. The van der Waals surface area contributed by atoms with Gasteiger partial charge in [-0.3, -0.25) is 0 Å². The van der Waals surface area contributed by atoms with Crippen LogP contribution in [0.2, 0.25) is 5.02 Å². The van der Waals surface area contributed by atoms with Crippen molar-refractivity contribution in [3.63, 3.8) is 0 Å². The lowest BCUT2D eigenvalue weighted by Crippen LogP contribution is -2.21. The van der Waals surface area contributed by atoms with Gasteiger partial charge in [-0.15, -0.1) is 0 Å². The zero-order chi connectivity index (χ0) is 18.1. The third-order valence-corrected chi connectivity index (χ3v) is 4.10. The molecule has 0 heterocycles. The number of rotatable bonds is 10. The molecule has 0 amide bonds. The van der Waals surface area contributed by atoms with Gasteiger partial charge in [0.2, 0.25) is 0 Å². The first-order chi connectivity index (χ1) is 12.1. The molecule has 0 aromatic heterocycles. The lowest BCUT2D eigenvalue weighted by molar-refractivity contribution is 0.280. The van der Waals surface area contributed by atoms with Gasteiger partial charge < -0.3 is 19.7 Å². The molecule has 2 aromatic rings. The summed E-state index contributed by atoms with van der Waals surface area (Å²) in [5.74, 6) is 1.54. The average molecular weight is 363 g/mol. The maximum atomic E-state index is 6.06. The van der Waals surface area contributed by atoms with Gasteiger partial charge in [0.15, 0.2) is 11.5 Å². The van der Waals surface area contributed by atoms with Gasteiger partial charge in [-0.2, -0.15) is 0 Å². The Balaban J connectivity index is 1.98. The Morgan fingerprint density at radius 3 is 2.52 bits per heavy atom. The van der Waals surface area contributed by atoms with Crippen LogP contribution in [0.25, 0.3) is 0 Å². The second-order valence-corrected chi connectivity index (χ2v) is 6.63. The fourth-order valence-corrected chi connectivity index (χ4v) is 2.63. The van der Waals surface area contributed by atoms with Gasteiger partial charge in [0.05, 0.1) is 7.11 Å². The molecule has 0 fully saturated rings. The van der Waals surface area contributed by atoms with Crippen molar-refractivity contribution in [2.24, 2.45) is 0 Å². The predicted octanol–water partition coefficient (Wildman–Crippen LogP) is 3.97. The first kappa shape index (κ1) is 19.6. The molecule has 0 radical (unpaired) electrons. The molecule has 4 nitrogen and oxygen atoms in total. The van der Waals surface area contributed by atoms with Crippen molar-refractivity contribution < 1.29 is 9.47 Å². The van der Waals surface area contributed by atoms with Crippen LogP contribution in [0, 0.1) is 0 Å². The summed E-state index contributed by atoms with van der Waals surface area (Å²) < 4.78 is 11.5. The van der Waals surface area contributed by atoms with Crippen LogP contribution in [0.4, 0.5) is 0 Å². The van der Waals surface area contributed by atoms with Crippen LogP contribution in [-0.4, -0.2) is 39.2 Å². The molecule has 0 aliphatic rings. The van der Waals surface area contributed by atoms with Crippen LogP contribution in [0.15, 0.2) is 42.5 Å². The topological polar surface area (TPSA) is 33.7 Å². The van der Waals surface area contributed by atoms with Crippen LogP contribution in [0.3, 0.4) is 0 Å². The Bertz CT molecular complexity index is 645. The van der Waals surface area contributed by atoms with Crippen LogP contribution in [0.5, 0.6) is 11.5 Å². The number of methoxy groups -OCH3 is 1. The lowest BCUT2D eigenvalue weighted by Gasteiger charge is -2.16. The molecule has 1 N–H and O–H groups in total. The highest BCUT2D eigenvalue weighted by Gasteiger charge is 2.11. The number of hydrogen-bond acceptors (Lipinski definition) is 4. The summed E-state index contributed by atoms with van der Waals surface area (Å²) in [6.07, 6.45) is 1.11. The molecule has 0 bridgehead atoms. The van der Waals surface area contributed by atoms with Gasteiger partial charge in [-0.1, -0.05) is 35.9 Å². The number of hydrogen-bond donors (Lipinski definition) is 1. The molecule has 25 heavy (non-hydrogen) atoms. The fourth-order valence-electron chi connectivity index (χ4n) is 2.50. The molecule has 0 saturated heterocycles. The number of halogens is 1. The summed E-state index contributed by atoms with van der Waals surface area (Å²) in [4.78, 5) is 2.19. The molecule has 0 spiro atoms. The van der Waals surface area contributed by atoms with Crippen LogP contribution >= 0.6 is 11.6 Å². The molecule has 0 unspecified atom stereocenters. The van der Waals surface area contributed by atoms with E-state index in [-0.39, 0.29) is 0 Å². The molecular weight excluding hydrogens is 336 g/mol. The van der Waals surface area contributed by atoms with E-state index in [9.17, 15) is 0 Å². The number of nitrogens with one attached hydrogen (secondary N) is 1. The van der Waals surface area contributed by atoms with E-state index >= 15 is 0 Å². The van der Waals surface area contributed by atoms with Crippen molar-refractivity contribution in [3.8, 4) is 11.5 Å². The Hall–Kier alpha value is -1.75. The number of para-hydroxylation sites is 1. The van der Waals surface area contributed by atoms with Crippen molar-refractivity contribution in [1.82, 2.24) is 10.2 Å². The average Bonchev–Trinajstić information content (AvgIpc) is 2.61. The van der Waals surface area contributed by atoms with Crippen molar-refractivity contribution >= 4 is 11.6 Å². The van der Waals surface area contributed by atoms with Crippen molar-refractivity contribution in [1.29, 1.82) is 0 Å². The second kappa shape index (κ2) is 10.3. The summed E-state index contributed by atoms with van der Waals surface area (Å²) in [5.41, 5.74) is 2.17. The minimum absolute atomic E-state index is 0.477. The van der Waals surface area contributed by atoms with Gasteiger partial charge in [0.25, 0.3) is 0 Å². The third kappa shape index (κ3) is 6.58. The predicted molar refractivity (Wildman–Crippen MR) is 104 cm³/mol. The molecule has 0 saturated carbocycles. The van der Waals surface area contributed by atoms with E-state index in [0.29, 0.717) is 6.61 Å². The summed E-state index contributed by atoms with van der Waals surface area (Å²) in [6, 6.07) is 13.7. The Kier molecular flexibility index (Phi) is 8.06. The summed E-state index contributed by atoms with van der Waals surface area (Å²) in [5, 5.41) is 4.20. The van der Waals surface area contributed by atoms with E-state index < -0.39 is 0 Å². The molecule has 5 heteroatoms. The zero-order valence-corrected chi connectivity index (χ0v) is 16.0. The SMILES string of the molecule is COc1cccc(CNCCCN(C)C)c1OCc1ccc(Cl)cc1. The molecule has 0 atom stereocenters. The number of nitrogens with zero attached hydrogens (tertiary/aromatic N) is 1. The molecule has 2 aromatic carbocycles. The van der Waals surface area contributed by atoms with E-state index in [1.54, 1.807) is 7.11 Å². The smallest absolute Gasteiger partial charge is 0.166 e. The van der Waals surface area contributed by atoms with Crippen LogP contribution in [-0.2, 0) is 13.2 Å². The summed E-state index contributed by atoms with van der Waals surface area (Å²) >= 11 is 5.93. The van der Waals surface area contributed by atoms with E-state index in [1.165, 1.54) is 0 Å². The normalized spacial score (nSPS) is 10.9. The largest absolute Gasteiger partial charge is 0.493 e.